The lowest BCUT2D eigenvalue weighted by molar-refractivity contribution is -0.117. The van der Waals surface area contributed by atoms with Gasteiger partial charge in [-0.05, 0) is 18.6 Å². The van der Waals surface area contributed by atoms with Crippen molar-refractivity contribution in [1.82, 2.24) is 4.98 Å². The normalized spacial score (nSPS) is 20.5. The molecule has 0 aliphatic carbocycles. The number of hydrogen-bond donors (Lipinski definition) is 1. The zero-order valence-corrected chi connectivity index (χ0v) is 10.3. The molecule has 3 rings (SSSR count). The van der Waals surface area contributed by atoms with Crippen molar-refractivity contribution in [3.8, 4) is 0 Å². The monoisotopic (exact) mass is 247 g/mol. The Labute approximate surface area is 103 Å². The molecule has 0 saturated carbocycles. The molecule has 1 aromatic carbocycles. The van der Waals surface area contributed by atoms with Crippen molar-refractivity contribution in [2.24, 2.45) is 5.73 Å². The van der Waals surface area contributed by atoms with Gasteiger partial charge in [0, 0.05) is 19.0 Å². The lowest BCUT2D eigenvalue weighted by atomic mass is 10.2. The van der Waals surface area contributed by atoms with Crippen LogP contribution in [0.2, 0.25) is 0 Å². The van der Waals surface area contributed by atoms with Crippen molar-refractivity contribution < 1.29 is 4.79 Å². The molecule has 1 aromatic heterocycles. The van der Waals surface area contributed by atoms with Gasteiger partial charge in [-0.2, -0.15) is 0 Å². The van der Waals surface area contributed by atoms with Crippen LogP contribution in [0.25, 0.3) is 10.2 Å². The minimum absolute atomic E-state index is 0.0596. The van der Waals surface area contributed by atoms with Crippen molar-refractivity contribution in [3.63, 3.8) is 0 Å². The van der Waals surface area contributed by atoms with Crippen molar-refractivity contribution in [1.29, 1.82) is 0 Å². The molecule has 5 heteroatoms. The van der Waals surface area contributed by atoms with E-state index in [-0.39, 0.29) is 11.9 Å². The number of carbonyl (C=O) groups is 1. The van der Waals surface area contributed by atoms with Gasteiger partial charge in [0.15, 0.2) is 5.13 Å². The van der Waals surface area contributed by atoms with E-state index in [1.54, 1.807) is 16.2 Å². The van der Waals surface area contributed by atoms with Crippen molar-refractivity contribution in [2.75, 3.05) is 11.4 Å². The van der Waals surface area contributed by atoms with Crippen LogP contribution in [-0.2, 0) is 4.79 Å². The SMILES string of the molecule is Cc1cccc2sc(N3CC(N)CC3=O)nc12. The molecule has 1 fully saturated rings. The summed E-state index contributed by atoms with van der Waals surface area (Å²) in [7, 11) is 0. The average molecular weight is 247 g/mol. The number of amides is 1. The van der Waals surface area contributed by atoms with Gasteiger partial charge in [-0.3, -0.25) is 9.69 Å². The largest absolute Gasteiger partial charge is 0.326 e. The molecular weight excluding hydrogens is 234 g/mol. The molecule has 0 bridgehead atoms. The molecule has 2 aromatic rings. The molecule has 1 atom stereocenters. The lowest BCUT2D eigenvalue weighted by Crippen LogP contribution is -2.27. The van der Waals surface area contributed by atoms with E-state index in [1.807, 2.05) is 25.1 Å². The number of benzene rings is 1. The number of hydrogen-bond acceptors (Lipinski definition) is 4. The summed E-state index contributed by atoms with van der Waals surface area (Å²) in [6, 6.07) is 6.01. The summed E-state index contributed by atoms with van der Waals surface area (Å²) in [4.78, 5) is 18.0. The van der Waals surface area contributed by atoms with Crippen LogP contribution >= 0.6 is 11.3 Å². The molecule has 1 aliphatic heterocycles. The summed E-state index contributed by atoms with van der Waals surface area (Å²) in [5.74, 6) is 0.0780. The first-order valence-corrected chi connectivity index (χ1v) is 6.39. The van der Waals surface area contributed by atoms with E-state index in [9.17, 15) is 4.79 Å². The van der Waals surface area contributed by atoms with Crippen LogP contribution in [0.1, 0.15) is 12.0 Å². The summed E-state index contributed by atoms with van der Waals surface area (Å²) < 4.78 is 1.12. The average Bonchev–Trinajstić information content (AvgIpc) is 2.82. The third-order valence-electron chi connectivity index (χ3n) is 3.00. The molecule has 2 heterocycles. The smallest absolute Gasteiger partial charge is 0.230 e. The Kier molecular flexibility index (Phi) is 2.38. The maximum Gasteiger partial charge on any atom is 0.230 e. The van der Waals surface area contributed by atoms with E-state index >= 15 is 0 Å². The van der Waals surface area contributed by atoms with E-state index in [4.69, 9.17) is 5.73 Å². The number of carbonyl (C=O) groups excluding carboxylic acids is 1. The predicted molar refractivity (Wildman–Crippen MR) is 69.3 cm³/mol. The van der Waals surface area contributed by atoms with Gasteiger partial charge in [0.25, 0.3) is 0 Å². The molecule has 4 nitrogen and oxygen atoms in total. The first kappa shape index (κ1) is 10.7. The van der Waals surface area contributed by atoms with Crippen molar-refractivity contribution in [2.45, 2.75) is 19.4 Å². The zero-order valence-electron chi connectivity index (χ0n) is 9.51. The highest BCUT2D eigenvalue weighted by atomic mass is 32.1. The van der Waals surface area contributed by atoms with E-state index in [0.717, 1.165) is 20.9 Å². The Morgan fingerprint density at radius 3 is 3.00 bits per heavy atom. The van der Waals surface area contributed by atoms with Gasteiger partial charge in [-0.15, -0.1) is 0 Å². The number of thiazole rings is 1. The summed E-state index contributed by atoms with van der Waals surface area (Å²) in [6.07, 6.45) is 0.426. The molecular formula is C12H13N3OS. The van der Waals surface area contributed by atoms with E-state index in [1.165, 1.54) is 0 Å². The number of nitrogens with two attached hydrogens (primary N) is 1. The predicted octanol–water partition coefficient (Wildman–Crippen LogP) is 1.67. The molecule has 17 heavy (non-hydrogen) atoms. The third-order valence-corrected chi connectivity index (χ3v) is 4.04. The van der Waals surface area contributed by atoms with Gasteiger partial charge < -0.3 is 5.73 Å². The van der Waals surface area contributed by atoms with Crippen LogP contribution in [0.15, 0.2) is 18.2 Å². The topological polar surface area (TPSA) is 59.2 Å². The third kappa shape index (κ3) is 1.71. The number of nitrogens with zero attached hydrogens (tertiary/aromatic N) is 2. The van der Waals surface area contributed by atoms with Crippen LogP contribution in [0.3, 0.4) is 0 Å². The number of fused-ring (bicyclic) bond motifs is 1. The van der Waals surface area contributed by atoms with Gasteiger partial charge in [-0.1, -0.05) is 23.5 Å². The van der Waals surface area contributed by atoms with Gasteiger partial charge in [0.2, 0.25) is 5.91 Å². The summed E-state index contributed by atoms with van der Waals surface area (Å²) in [5, 5.41) is 0.771. The molecule has 1 amide bonds. The summed E-state index contributed by atoms with van der Waals surface area (Å²) >= 11 is 1.55. The summed E-state index contributed by atoms with van der Waals surface area (Å²) in [6.45, 7) is 2.61. The fourth-order valence-electron chi connectivity index (χ4n) is 2.11. The number of para-hydroxylation sites is 1. The molecule has 1 unspecified atom stereocenters. The van der Waals surface area contributed by atoms with Crippen LogP contribution in [0.4, 0.5) is 5.13 Å². The van der Waals surface area contributed by atoms with Gasteiger partial charge in [-0.25, -0.2) is 4.98 Å². The van der Waals surface area contributed by atoms with Crippen molar-refractivity contribution in [3.05, 3.63) is 23.8 Å². The van der Waals surface area contributed by atoms with E-state index < -0.39 is 0 Å². The van der Waals surface area contributed by atoms with E-state index in [0.29, 0.717) is 13.0 Å². The minimum Gasteiger partial charge on any atom is -0.326 e. The minimum atomic E-state index is -0.0596. The van der Waals surface area contributed by atoms with E-state index in [2.05, 4.69) is 4.98 Å². The fraction of sp³-hybridized carbons (Fsp3) is 0.333. The molecule has 2 N–H and O–H groups in total. The van der Waals surface area contributed by atoms with Gasteiger partial charge in [0.1, 0.15) is 0 Å². The number of aromatic nitrogens is 1. The Bertz CT molecular complexity index is 592. The Hall–Kier alpha value is -1.46. The highest BCUT2D eigenvalue weighted by Crippen LogP contribution is 2.32. The Morgan fingerprint density at radius 1 is 1.53 bits per heavy atom. The van der Waals surface area contributed by atoms with Gasteiger partial charge in [0.05, 0.1) is 10.2 Å². The maximum absolute atomic E-state index is 11.8. The molecule has 0 spiro atoms. The first-order chi connectivity index (χ1) is 8.15. The highest BCUT2D eigenvalue weighted by molar-refractivity contribution is 7.22. The highest BCUT2D eigenvalue weighted by Gasteiger charge is 2.30. The lowest BCUT2D eigenvalue weighted by Gasteiger charge is -2.10. The van der Waals surface area contributed by atoms with Crippen LogP contribution in [0.5, 0.6) is 0 Å². The second-order valence-electron chi connectivity index (χ2n) is 4.39. The molecule has 88 valence electrons. The van der Waals surface area contributed by atoms with Crippen molar-refractivity contribution >= 4 is 32.6 Å². The van der Waals surface area contributed by atoms with Gasteiger partial charge >= 0.3 is 0 Å². The fourth-order valence-corrected chi connectivity index (χ4v) is 3.18. The molecule has 1 saturated heterocycles. The number of anilines is 1. The van der Waals surface area contributed by atoms with Crippen LogP contribution in [-0.4, -0.2) is 23.5 Å². The molecule has 0 radical (unpaired) electrons. The standard InChI is InChI=1S/C12H13N3OS/c1-7-3-2-4-9-11(7)14-12(17-9)15-6-8(13)5-10(15)16/h2-4,8H,5-6,13H2,1H3. The van der Waals surface area contributed by atoms with Crippen LogP contribution in [0, 0.1) is 6.92 Å². The van der Waals surface area contributed by atoms with Crippen LogP contribution < -0.4 is 10.6 Å². The first-order valence-electron chi connectivity index (χ1n) is 5.57. The molecule has 1 aliphatic rings. The quantitative estimate of drug-likeness (QED) is 0.834. The zero-order chi connectivity index (χ0) is 12.0. The number of rotatable bonds is 1. The maximum atomic E-state index is 11.8. The second-order valence-corrected chi connectivity index (χ2v) is 5.40. The number of aryl methyl sites for hydroxylation is 1. The Balaban J connectivity index is 2.07. The second kappa shape index (κ2) is 3.78. The Morgan fingerprint density at radius 2 is 2.35 bits per heavy atom. The summed E-state index contributed by atoms with van der Waals surface area (Å²) in [5.41, 5.74) is 7.92.